The molecule has 0 aliphatic carbocycles. The van der Waals surface area contributed by atoms with E-state index in [9.17, 15) is 0 Å². The average molecular weight is 353 g/mol. The van der Waals surface area contributed by atoms with Gasteiger partial charge in [-0.3, -0.25) is 0 Å². The minimum absolute atomic E-state index is 0.695. The largest absolute Gasteiger partial charge is 0.398 e. The van der Waals surface area contributed by atoms with Crippen LogP contribution in [0.3, 0.4) is 0 Å². The summed E-state index contributed by atoms with van der Waals surface area (Å²) in [5.74, 6) is 0. The van der Waals surface area contributed by atoms with Gasteiger partial charge in [-0.15, -0.1) is 0 Å². The van der Waals surface area contributed by atoms with Crippen molar-refractivity contribution in [3.05, 3.63) is 51.6 Å². The zero-order valence-electron chi connectivity index (χ0n) is 10.3. The summed E-state index contributed by atoms with van der Waals surface area (Å²) in [5.41, 5.74) is 10.5. The third kappa shape index (κ3) is 3.03. The van der Waals surface area contributed by atoms with Gasteiger partial charge in [0.15, 0.2) is 0 Å². The summed E-state index contributed by atoms with van der Waals surface area (Å²) in [7, 11) is 1.71. The average Bonchev–Trinajstić information content (AvgIpc) is 2.39. The standard InChI is InChI=1S/C15H16INO/c1-18-10-9-12-3-2-4-14(15(12)17)11-5-7-13(16)8-6-11/h2-8H,9-10,17H2,1H3. The van der Waals surface area contributed by atoms with E-state index < -0.39 is 0 Å². The van der Waals surface area contributed by atoms with Crippen LogP contribution >= 0.6 is 22.6 Å². The summed E-state index contributed by atoms with van der Waals surface area (Å²) >= 11 is 2.30. The van der Waals surface area contributed by atoms with E-state index in [1.54, 1.807) is 7.11 Å². The van der Waals surface area contributed by atoms with Gasteiger partial charge in [-0.1, -0.05) is 30.3 Å². The second-order valence-electron chi connectivity index (χ2n) is 4.13. The molecule has 2 aromatic rings. The van der Waals surface area contributed by atoms with E-state index in [1.165, 1.54) is 3.57 Å². The maximum absolute atomic E-state index is 6.24. The second kappa shape index (κ2) is 6.20. The van der Waals surface area contributed by atoms with Crippen molar-refractivity contribution in [3.63, 3.8) is 0 Å². The lowest BCUT2D eigenvalue weighted by Gasteiger charge is -2.11. The Labute approximate surface area is 121 Å². The molecule has 2 nitrogen and oxygen atoms in total. The Morgan fingerprint density at radius 2 is 1.83 bits per heavy atom. The van der Waals surface area contributed by atoms with Gasteiger partial charge >= 0.3 is 0 Å². The highest BCUT2D eigenvalue weighted by atomic mass is 127. The van der Waals surface area contributed by atoms with Crippen LogP contribution in [0.2, 0.25) is 0 Å². The molecule has 0 saturated carbocycles. The van der Waals surface area contributed by atoms with E-state index in [0.717, 1.165) is 28.8 Å². The fraction of sp³-hybridized carbons (Fsp3) is 0.200. The summed E-state index contributed by atoms with van der Waals surface area (Å²) < 4.78 is 6.33. The Hall–Kier alpha value is -1.07. The van der Waals surface area contributed by atoms with Crippen LogP contribution in [-0.2, 0) is 11.2 Å². The normalized spacial score (nSPS) is 10.6. The molecule has 0 aliphatic heterocycles. The van der Waals surface area contributed by atoms with E-state index in [0.29, 0.717) is 6.61 Å². The Morgan fingerprint density at radius 1 is 1.11 bits per heavy atom. The first-order chi connectivity index (χ1) is 8.72. The molecule has 0 aliphatic rings. The molecule has 0 saturated heterocycles. The lowest BCUT2D eigenvalue weighted by molar-refractivity contribution is 0.202. The van der Waals surface area contributed by atoms with E-state index in [2.05, 4.69) is 65.1 Å². The van der Waals surface area contributed by atoms with Crippen LogP contribution < -0.4 is 5.73 Å². The summed E-state index contributed by atoms with van der Waals surface area (Å²) in [6.45, 7) is 0.695. The van der Waals surface area contributed by atoms with Crippen LogP contribution in [0.15, 0.2) is 42.5 Å². The highest BCUT2D eigenvalue weighted by Gasteiger charge is 2.06. The quantitative estimate of drug-likeness (QED) is 0.672. The number of nitrogen functional groups attached to an aromatic ring is 1. The highest BCUT2D eigenvalue weighted by Crippen LogP contribution is 2.29. The van der Waals surface area contributed by atoms with Crippen molar-refractivity contribution < 1.29 is 4.74 Å². The van der Waals surface area contributed by atoms with Gasteiger partial charge in [-0.25, -0.2) is 0 Å². The number of ether oxygens (including phenoxy) is 1. The molecule has 0 amide bonds. The van der Waals surface area contributed by atoms with E-state index in [1.807, 2.05) is 0 Å². The predicted molar refractivity (Wildman–Crippen MR) is 84.6 cm³/mol. The summed E-state index contributed by atoms with van der Waals surface area (Å²) in [6, 6.07) is 14.6. The first-order valence-electron chi connectivity index (χ1n) is 5.84. The number of halogens is 1. The summed E-state index contributed by atoms with van der Waals surface area (Å²) in [6.07, 6.45) is 0.848. The molecule has 2 rings (SSSR count). The van der Waals surface area contributed by atoms with E-state index >= 15 is 0 Å². The van der Waals surface area contributed by atoms with E-state index in [-0.39, 0.29) is 0 Å². The van der Waals surface area contributed by atoms with Gasteiger partial charge in [0.1, 0.15) is 0 Å². The monoisotopic (exact) mass is 353 g/mol. The Bertz CT molecular complexity index is 523. The van der Waals surface area contributed by atoms with Gasteiger partial charge in [0, 0.05) is 21.9 Å². The fourth-order valence-electron chi connectivity index (χ4n) is 1.92. The van der Waals surface area contributed by atoms with Crippen molar-refractivity contribution in [2.75, 3.05) is 19.5 Å². The molecule has 0 unspecified atom stereocenters. The minimum atomic E-state index is 0.695. The predicted octanol–water partition coefficient (Wildman–Crippen LogP) is 3.73. The van der Waals surface area contributed by atoms with Crippen molar-refractivity contribution in [1.82, 2.24) is 0 Å². The summed E-state index contributed by atoms with van der Waals surface area (Å²) in [5, 5.41) is 0. The van der Waals surface area contributed by atoms with Gasteiger partial charge in [0.05, 0.1) is 6.61 Å². The molecule has 0 atom stereocenters. The number of nitrogens with two attached hydrogens (primary N) is 1. The topological polar surface area (TPSA) is 35.2 Å². The molecule has 0 radical (unpaired) electrons. The molecule has 0 spiro atoms. The second-order valence-corrected chi connectivity index (χ2v) is 5.37. The van der Waals surface area contributed by atoms with Crippen LogP contribution in [0.1, 0.15) is 5.56 Å². The molecule has 2 aromatic carbocycles. The van der Waals surface area contributed by atoms with Crippen molar-refractivity contribution in [2.45, 2.75) is 6.42 Å². The van der Waals surface area contributed by atoms with Crippen molar-refractivity contribution in [1.29, 1.82) is 0 Å². The number of methoxy groups -OCH3 is 1. The van der Waals surface area contributed by atoms with Crippen molar-refractivity contribution in [2.24, 2.45) is 0 Å². The minimum Gasteiger partial charge on any atom is -0.398 e. The molecule has 18 heavy (non-hydrogen) atoms. The number of hydrogen-bond acceptors (Lipinski definition) is 2. The van der Waals surface area contributed by atoms with Crippen molar-refractivity contribution >= 4 is 28.3 Å². The van der Waals surface area contributed by atoms with Gasteiger partial charge < -0.3 is 10.5 Å². The fourth-order valence-corrected chi connectivity index (χ4v) is 2.28. The zero-order valence-corrected chi connectivity index (χ0v) is 12.5. The van der Waals surface area contributed by atoms with E-state index in [4.69, 9.17) is 10.5 Å². The zero-order chi connectivity index (χ0) is 13.0. The number of para-hydroxylation sites is 1. The van der Waals surface area contributed by atoms with Crippen LogP contribution in [0, 0.1) is 3.57 Å². The van der Waals surface area contributed by atoms with Crippen LogP contribution in [0.5, 0.6) is 0 Å². The van der Waals surface area contributed by atoms with Gasteiger partial charge in [-0.05, 0) is 52.3 Å². The molecule has 0 heterocycles. The maximum Gasteiger partial charge on any atom is 0.0503 e. The molecule has 94 valence electrons. The number of anilines is 1. The van der Waals surface area contributed by atoms with Crippen LogP contribution in [0.25, 0.3) is 11.1 Å². The number of benzene rings is 2. The summed E-state index contributed by atoms with van der Waals surface area (Å²) in [4.78, 5) is 0. The Balaban J connectivity index is 2.36. The van der Waals surface area contributed by atoms with Gasteiger partial charge in [0.2, 0.25) is 0 Å². The molecule has 3 heteroatoms. The van der Waals surface area contributed by atoms with Crippen molar-refractivity contribution in [3.8, 4) is 11.1 Å². The molecular weight excluding hydrogens is 337 g/mol. The maximum atomic E-state index is 6.24. The smallest absolute Gasteiger partial charge is 0.0503 e. The molecule has 0 bridgehead atoms. The van der Waals surface area contributed by atoms with Gasteiger partial charge in [-0.2, -0.15) is 0 Å². The molecule has 0 fully saturated rings. The third-order valence-electron chi connectivity index (χ3n) is 2.93. The first-order valence-corrected chi connectivity index (χ1v) is 6.92. The molecule has 0 aromatic heterocycles. The lowest BCUT2D eigenvalue weighted by atomic mass is 9.99. The molecular formula is C15H16INO. The van der Waals surface area contributed by atoms with Gasteiger partial charge in [0.25, 0.3) is 0 Å². The third-order valence-corrected chi connectivity index (χ3v) is 3.65. The number of hydrogen-bond donors (Lipinski definition) is 1. The Kier molecular flexibility index (Phi) is 4.60. The first kappa shape index (κ1) is 13.4. The number of rotatable bonds is 4. The SMILES string of the molecule is COCCc1cccc(-c2ccc(I)cc2)c1N. The van der Waals surface area contributed by atoms with Crippen LogP contribution in [-0.4, -0.2) is 13.7 Å². The Morgan fingerprint density at radius 3 is 2.50 bits per heavy atom. The lowest BCUT2D eigenvalue weighted by Crippen LogP contribution is -2.01. The molecule has 2 N–H and O–H groups in total. The highest BCUT2D eigenvalue weighted by molar-refractivity contribution is 14.1. The van der Waals surface area contributed by atoms with Crippen LogP contribution in [0.4, 0.5) is 5.69 Å².